The molecule has 0 amide bonds. The molecule has 1 atom stereocenters. The van der Waals surface area contributed by atoms with Gasteiger partial charge in [0.05, 0.1) is 12.2 Å². The number of β-amino-alcohol motifs (C(OH)–C–C–N with tert-alkyl or cyclic N) is 1. The summed E-state index contributed by atoms with van der Waals surface area (Å²) in [7, 11) is 0. The van der Waals surface area contributed by atoms with E-state index >= 15 is 0 Å². The number of hydrogen-bond acceptors (Lipinski definition) is 5. The highest BCUT2D eigenvalue weighted by molar-refractivity contribution is 5.83. The first-order valence-electron chi connectivity index (χ1n) is 12.2. The molecule has 184 valence electrons. The van der Waals surface area contributed by atoms with Crippen LogP contribution in [0.5, 0.6) is 5.75 Å². The molecule has 36 heavy (non-hydrogen) atoms. The number of hydrogen-bond donors (Lipinski definition) is 3. The second-order valence-corrected chi connectivity index (χ2v) is 9.73. The van der Waals surface area contributed by atoms with Crippen LogP contribution in [-0.2, 0) is 13.0 Å². The van der Waals surface area contributed by atoms with Crippen molar-refractivity contribution < 1.29 is 14.9 Å². The van der Waals surface area contributed by atoms with E-state index in [1.165, 1.54) is 16.3 Å². The number of aliphatic hydroxyl groups is 2. The van der Waals surface area contributed by atoms with Gasteiger partial charge in [-0.2, -0.15) is 5.26 Å². The normalized spacial score (nSPS) is 12.3. The van der Waals surface area contributed by atoms with E-state index in [0.717, 1.165) is 23.1 Å². The van der Waals surface area contributed by atoms with Gasteiger partial charge in [-0.15, -0.1) is 0 Å². The Morgan fingerprint density at radius 1 is 0.944 bits per heavy atom. The van der Waals surface area contributed by atoms with Gasteiger partial charge in [0.1, 0.15) is 24.5 Å². The van der Waals surface area contributed by atoms with Crippen molar-refractivity contribution in [1.29, 1.82) is 5.26 Å². The third kappa shape index (κ3) is 6.30. The highest BCUT2D eigenvalue weighted by atomic mass is 16.5. The molecule has 0 saturated carbocycles. The van der Waals surface area contributed by atoms with Crippen LogP contribution in [0.2, 0.25) is 0 Å². The molecule has 0 aliphatic rings. The lowest BCUT2D eigenvalue weighted by Crippen LogP contribution is -2.46. The van der Waals surface area contributed by atoms with Crippen LogP contribution in [0, 0.1) is 11.3 Å². The Balaban J connectivity index is 1.34. The molecule has 3 N–H and O–H groups in total. The Morgan fingerprint density at radius 2 is 1.69 bits per heavy atom. The fraction of sp³-hybridized carbons (Fsp3) is 0.258. The van der Waals surface area contributed by atoms with E-state index in [1.54, 1.807) is 12.1 Å². The molecule has 0 bridgehead atoms. The number of benzene rings is 4. The van der Waals surface area contributed by atoms with E-state index in [2.05, 4.69) is 55.6 Å². The molecule has 5 nitrogen and oxygen atoms in total. The van der Waals surface area contributed by atoms with Crippen LogP contribution in [0.25, 0.3) is 21.9 Å². The van der Waals surface area contributed by atoms with Gasteiger partial charge in [0, 0.05) is 12.1 Å². The molecule has 0 aromatic heterocycles. The predicted octanol–water partition coefficient (Wildman–Crippen LogP) is 5.22. The fourth-order valence-corrected chi connectivity index (χ4v) is 4.41. The third-order valence-electron chi connectivity index (χ3n) is 6.31. The summed E-state index contributed by atoms with van der Waals surface area (Å²) in [4.78, 5) is 0. The Hall–Kier alpha value is -3.69. The molecule has 0 fully saturated rings. The van der Waals surface area contributed by atoms with Crippen molar-refractivity contribution in [2.75, 3.05) is 13.2 Å². The van der Waals surface area contributed by atoms with Gasteiger partial charge in [-0.05, 0) is 65.4 Å². The average molecular weight is 481 g/mol. The Bertz CT molecular complexity index is 1370. The first kappa shape index (κ1) is 25.4. The Labute approximate surface area is 212 Å². The minimum Gasteiger partial charge on any atom is -0.489 e. The van der Waals surface area contributed by atoms with Crippen LogP contribution in [0.3, 0.4) is 0 Å². The average Bonchev–Trinajstić information content (AvgIpc) is 2.90. The van der Waals surface area contributed by atoms with Gasteiger partial charge in [0.2, 0.25) is 0 Å². The van der Waals surface area contributed by atoms with Crippen LogP contribution in [0.15, 0.2) is 84.9 Å². The van der Waals surface area contributed by atoms with Crippen molar-refractivity contribution in [2.45, 2.75) is 38.5 Å². The largest absolute Gasteiger partial charge is 0.489 e. The molecule has 0 radical (unpaired) electrons. The minimum atomic E-state index is -0.734. The lowest BCUT2D eigenvalue weighted by Gasteiger charge is -2.28. The van der Waals surface area contributed by atoms with E-state index in [0.29, 0.717) is 17.9 Å². The molecule has 0 aliphatic carbocycles. The predicted molar refractivity (Wildman–Crippen MR) is 144 cm³/mol. The molecule has 4 aromatic carbocycles. The van der Waals surface area contributed by atoms with Gasteiger partial charge >= 0.3 is 0 Å². The van der Waals surface area contributed by atoms with E-state index in [9.17, 15) is 15.5 Å². The van der Waals surface area contributed by atoms with Gasteiger partial charge < -0.3 is 20.3 Å². The quantitative estimate of drug-likeness (QED) is 0.290. The van der Waals surface area contributed by atoms with Gasteiger partial charge in [0.15, 0.2) is 0 Å². The zero-order chi connectivity index (χ0) is 25.5. The summed E-state index contributed by atoms with van der Waals surface area (Å²) in [5, 5.41) is 35.7. The standard InChI is InChI=1S/C31H32N2O3/c1-31(2,17-22-11-12-23-7-3-4-8-24(23)15-22)33-19-28(35)21-36-30-14-13-25(16-27(30)18-32)29-10-6-5-9-26(29)20-34/h3-16,28,33-35H,17,19-21H2,1-2H3/t28-/m1/s1. The van der Waals surface area contributed by atoms with Crippen molar-refractivity contribution in [3.8, 4) is 22.9 Å². The number of nitrogens with zero attached hydrogens (tertiary/aromatic N) is 1. The Morgan fingerprint density at radius 3 is 2.47 bits per heavy atom. The number of rotatable bonds is 10. The SMILES string of the molecule is CC(C)(Cc1ccc2ccccc2c1)NC[C@@H](O)COc1ccc(-c2ccccc2CO)cc1C#N. The molecule has 0 spiro atoms. The highest BCUT2D eigenvalue weighted by Gasteiger charge is 2.20. The maximum atomic E-state index is 10.5. The minimum absolute atomic E-state index is 0.0698. The maximum Gasteiger partial charge on any atom is 0.137 e. The molecule has 5 heteroatoms. The molecular formula is C31H32N2O3. The van der Waals surface area contributed by atoms with E-state index in [-0.39, 0.29) is 18.8 Å². The number of nitrogens with one attached hydrogen (secondary N) is 1. The summed E-state index contributed by atoms with van der Waals surface area (Å²) in [6.45, 7) is 4.59. The molecule has 0 aliphatic heterocycles. The summed E-state index contributed by atoms with van der Waals surface area (Å²) in [5.74, 6) is 0.428. The smallest absolute Gasteiger partial charge is 0.137 e. The molecule has 4 aromatic rings. The van der Waals surface area contributed by atoms with E-state index in [1.807, 2.05) is 42.5 Å². The summed E-state index contributed by atoms with van der Waals surface area (Å²) in [6.07, 6.45) is 0.0861. The lowest BCUT2D eigenvalue weighted by molar-refractivity contribution is 0.0987. The number of fused-ring (bicyclic) bond motifs is 1. The molecular weight excluding hydrogens is 448 g/mol. The second-order valence-electron chi connectivity index (χ2n) is 9.73. The number of ether oxygens (including phenoxy) is 1. The summed E-state index contributed by atoms with van der Waals surface area (Å²) < 4.78 is 5.81. The molecule has 0 heterocycles. The zero-order valence-corrected chi connectivity index (χ0v) is 20.7. The second kappa shape index (κ2) is 11.4. The van der Waals surface area contributed by atoms with Crippen LogP contribution in [0.4, 0.5) is 0 Å². The van der Waals surface area contributed by atoms with Crippen molar-refractivity contribution in [3.63, 3.8) is 0 Å². The van der Waals surface area contributed by atoms with E-state index < -0.39 is 6.10 Å². The van der Waals surface area contributed by atoms with Gasteiger partial charge in [-0.25, -0.2) is 0 Å². The maximum absolute atomic E-state index is 10.5. The summed E-state index contributed by atoms with van der Waals surface area (Å²) in [5.41, 5.74) is 3.91. The summed E-state index contributed by atoms with van der Waals surface area (Å²) >= 11 is 0. The van der Waals surface area contributed by atoms with Crippen molar-refractivity contribution >= 4 is 10.8 Å². The lowest BCUT2D eigenvalue weighted by atomic mass is 9.93. The number of aliphatic hydroxyl groups excluding tert-OH is 2. The topological polar surface area (TPSA) is 85.5 Å². The summed E-state index contributed by atoms with van der Waals surface area (Å²) in [6, 6.07) is 29.9. The van der Waals surface area contributed by atoms with Crippen LogP contribution >= 0.6 is 0 Å². The highest BCUT2D eigenvalue weighted by Crippen LogP contribution is 2.29. The first-order chi connectivity index (χ1) is 17.4. The third-order valence-corrected chi connectivity index (χ3v) is 6.31. The van der Waals surface area contributed by atoms with Crippen LogP contribution in [0.1, 0.15) is 30.5 Å². The van der Waals surface area contributed by atoms with Crippen LogP contribution < -0.4 is 10.1 Å². The first-order valence-corrected chi connectivity index (χ1v) is 12.2. The van der Waals surface area contributed by atoms with Gasteiger partial charge in [-0.3, -0.25) is 0 Å². The van der Waals surface area contributed by atoms with E-state index in [4.69, 9.17) is 4.74 Å². The van der Waals surface area contributed by atoms with Gasteiger partial charge in [0.25, 0.3) is 0 Å². The zero-order valence-electron chi connectivity index (χ0n) is 20.7. The fourth-order valence-electron chi connectivity index (χ4n) is 4.41. The molecule has 0 unspecified atom stereocenters. The van der Waals surface area contributed by atoms with Crippen molar-refractivity contribution in [1.82, 2.24) is 5.32 Å². The van der Waals surface area contributed by atoms with Gasteiger partial charge in [-0.1, -0.05) is 72.8 Å². The Kier molecular flexibility index (Phi) is 8.02. The monoisotopic (exact) mass is 480 g/mol. The van der Waals surface area contributed by atoms with Crippen molar-refractivity contribution in [3.05, 3.63) is 102 Å². The molecule has 4 rings (SSSR count). The number of nitriles is 1. The molecule has 0 saturated heterocycles. The van der Waals surface area contributed by atoms with Crippen molar-refractivity contribution in [2.24, 2.45) is 0 Å². The van der Waals surface area contributed by atoms with Crippen LogP contribution in [-0.4, -0.2) is 35.0 Å².